The predicted octanol–water partition coefficient (Wildman–Crippen LogP) is 7.22. The van der Waals surface area contributed by atoms with Crippen LogP contribution in [0.25, 0.3) is 23.3 Å². The van der Waals surface area contributed by atoms with Gasteiger partial charge in [-0.2, -0.15) is 13.2 Å². The van der Waals surface area contributed by atoms with Crippen molar-refractivity contribution < 1.29 is 27.4 Å². The number of benzene rings is 3. The fraction of sp³-hybridized carbons (Fsp3) is 0.179. The summed E-state index contributed by atoms with van der Waals surface area (Å²) < 4.78 is 50.4. The van der Waals surface area contributed by atoms with E-state index in [1.165, 1.54) is 18.2 Å². The van der Waals surface area contributed by atoms with Gasteiger partial charge in [-0.05, 0) is 85.7 Å². The summed E-state index contributed by atoms with van der Waals surface area (Å²) in [6, 6.07) is 15.6. The minimum absolute atomic E-state index is 0.322. The highest BCUT2D eigenvalue weighted by Gasteiger charge is 2.30. The highest BCUT2D eigenvalue weighted by atomic mass is 19.4. The van der Waals surface area contributed by atoms with Gasteiger partial charge in [0.15, 0.2) is 0 Å². The maximum absolute atomic E-state index is 13.0. The van der Waals surface area contributed by atoms with Crippen LogP contribution in [0.5, 0.6) is 11.5 Å². The van der Waals surface area contributed by atoms with Crippen LogP contribution in [0.3, 0.4) is 0 Å². The van der Waals surface area contributed by atoms with Crippen molar-refractivity contribution >= 4 is 23.7 Å². The lowest BCUT2D eigenvalue weighted by molar-refractivity contribution is -0.137. The third-order valence-corrected chi connectivity index (χ3v) is 5.48. The van der Waals surface area contributed by atoms with Crippen LogP contribution in [0.4, 0.5) is 18.9 Å². The summed E-state index contributed by atoms with van der Waals surface area (Å²) in [6.07, 6.45) is 2.47. The van der Waals surface area contributed by atoms with Gasteiger partial charge in [0, 0.05) is 22.9 Å². The second-order valence-corrected chi connectivity index (χ2v) is 8.65. The van der Waals surface area contributed by atoms with Gasteiger partial charge in [-0.3, -0.25) is 4.79 Å². The average molecular weight is 479 g/mol. The average Bonchev–Trinajstić information content (AvgIpc) is 2.82. The van der Waals surface area contributed by atoms with Crippen molar-refractivity contribution in [1.82, 2.24) is 0 Å². The minimum atomic E-state index is -4.42. The molecule has 1 aliphatic rings. The van der Waals surface area contributed by atoms with Crippen LogP contribution >= 0.6 is 0 Å². The summed E-state index contributed by atoms with van der Waals surface area (Å²) in [4.78, 5) is 12.4. The molecule has 1 aliphatic heterocycles. The molecule has 1 heterocycles. The quantitative estimate of drug-likeness (QED) is 0.393. The van der Waals surface area contributed by atoms with Crippen LogP contribution in [0, 0.1) is 0 Å². The zero-order valence-corrected chi connectivity index (χ0v) is 19.4. The van der Waals surface area contributed by atoms with E-state index in [4.69, 9.17) is 9.47 Å². The number of alkyl halides is 3. The molecule has 4 nitrogen and oxygen atoms in total. The first-order valence-corrected chi connectivity index (χ1v) is 10.9. The molecule has 0 saturated heterocycles. The van der Waals surface area contributed by atoms with Crippen LogP contribution in [-0.4, -0.2) is 18.6 Å². The third kappa shape index (κ3) is 5.74. The normalized spacial score (nSPS) is 14.3. The number of hydrogen-bond donors (Lipinski definition) is 1. The SMILES string of the molecule is COc1ccc(NC(=O)/C=C/c2cc3c(c(-c4ccc(C(F)(F)F)cc4)c2)OC(C)(C)C=C3)cc1. The second-order valence-electron chi connectivity index (χ2n) is 8.65. The molecule has 3 aromatic rings. The Bertz CT molecular complexity index is 1290. The molecule has 0 radical (unpaired) electrons. The van der Waals surface area contributed by atoms with Crippen molar-refractivity contribution in [2.24, 2.45) is 0 Å². The highest BCUT2D eigenvalue weighted by molar-refractivity contribution is 6.02. The van der Waals surface area contributed by atoms with Gasteiger partial charge in [-0.1, -0.05) is 18.2 Å². The zero-order chi connectivity index (χ0) is 25.2. The largest absolute Gasteiger partial charge is 0.497 e. The number of amides is 1. The van der Waals surface area contributed by atoms with Gasteiger partial charge in [-0.15, -0.1) is 0 Å². The number of methoxy groups -OCH3 is 1. The number of nitrogens with one attached hydrogen (secondary N) is 1. The fourth-order valence-electron chi connectivity index (χ4n) is 3.68. The maximum atomic E-state index is 13.0. The Hall–Kier alpha value is -4.00. The van der Waals surface area contributed by atoms with Gasteiger partial charge in [0.1, 0.15) is 17.1 Å². The van der Waals surface area contributed by atoms with Gasteiger partial charge >= 0.3 is 6.18 Å². The molecule has 0 bridgehead atoms. The molecule has 1 N–H and O–H groups in total. The van der Waals surface area contributed by atoms with Crippen LogP contribution < -0.4 is 14.8 Å². The summed E-state index contributed by atoms with van der Waals surface area (Å²) in [7, 11) is 1.56. The van der Waals surface area contributed by atoms with E-state index in [0.717, 1.165) is 17.7 Å². The zero-order valence-electron chi connectivity index (χ0n) is 19.4. The molecule has 0 unspecified atom stereocenters. The summed E-state index contributed by atoms with van der Waals surface area (Å²) >= 11 is 0. The lowest BCUT2D eigenvalue weighted by atomic mass is 9.93. The summed E-state index contributed by atoms with van der Waals surface area (Å²) in [5, 5.41) is 2.78. The monoisotopic (exact) mass is 479 g/mol. The summed E-state index contributed by atoms with van der Waals surface area (Å²) in [5.74, 6) is 0.941. The minimum Gasteiger partial charge on any atom is -0.497 e. The Labute approximate surface area is 201 Å². The van der Waals surface area contributed by atoms with E-state index in [0.29, 0.717) is 33.9 Å². The predicted molar refractivity (Wildman–Crippen MR) is 131 cm³/mol. The van der Waals surface area contributed by atoms with Crippen LogP contribution in [0.1, 0.15) is 30.5 Å². The van der Waals surface area contributed by atoms with Gasteiger partial charge < -0.3 is 14.8 Å². The summed E-state index contributed by atoms with van der Waals surface area (Å²) in [6.45, 7) is 3.81. The number of rotatable bonds is 5. The van der Waals surface area contributed by atoms with E-state index in [1.807, 2.05) is 32.1 Å². The molecule has 0 atom stereocenters. The molecule has 0 fully saturated rings. The molecule has 0 aliphatic carbocycles. The number of ether oxygens (including phenoxy) is 2. The van der Waals surface area contributed by atoms with E-state index in [2.05, 4.69) is 5.32 Å². The number of halogens is 3. The maximum Gasteiger partial charge on any atom is 0.416 e. The first-order valence-electron chi connectivity index (χ1n) is 10.9. The van der Waals surface area contributed by atoms with Crippen LogP contribution in [0.15, 0.2) is 72.8 Å². The highest BCUT2D eigenvalue weighted by Crippen LogP contribution is 2.41. The fourth-order valence-corrected chi connectivity index (χ4v) is 3.68. The smallest absolute Gasteiger partial charge is 0.416 e. The first-order chi connectivity index (χ1) is 16.5. The molecule has 0 aromatic heterocycles. The van der Waals surface area contributed by atoms with E-state index >= 15 is 0 Å². The summed E-state index contributed by atoms with van der Waals surface area (Å²) in [5.41, 5.74) is 2.04. The molecule has 3 aromatic carbocycles. The molecular formula is C28H24F3NO3. The topological polar surface area (TPSA) is 47.6 Å². The Kier molecular flexibility index (Phi) is 6.43. The molecule has 35 heavy (non-hydrogen) atoms. The van der Waals surface area contributed by atoms with Gasteiger partial charge in [0.05, 0.1) is 12.7 Å². The lowest BCUT2D eigenvalue weighted by Crippen LogP contribution is -2.27. The number of hydrogen-bond acceptors (Lipinski definition) is 3. The van der Waals surface area contributed by atoms with Crippen molar-refractivity contribution in [3.05, 3.63) is 89.5 Å². The van der Waals surface area contributed by atoms with E-state index < -0.39 is 17.3 Å². The lowest BCUT2D eigenvalue weighted by Gasteiger charge is -2.30. The number of fused-ring (bicyclic) bond motifs is 1. The van der Waals surface area contributed by atoms with Gasteiger partial charge in [-0.25, -0.2) is 0 Å². The number of carbonyl (C=O) groups excluding carboxylic acids is 1. The Balaban J connectivity index is 1.65. The molecule has 0 saturated carbocycles. The van der Waals surface area contributed by atoms with Crippen LogP contribution in [-0.2, 0) is 11.0 Å². The molecular weight excluding hydrogens is 455 g/mol. The van der Waals surface area contributed by atoms with E-state index in [-0.39, 0.29) is 5.91 Å². The molecule has 0 spiro atoms. The van der Waals surface area contributed by atoms with Crippen molar-refractivity contribution in [3.63, 3.8) is 0 Å². The van der Waals surface area contributed by atoms with Crippen molar-refractivity contribution in [1.29, 1.82) is 0 Å². The number of anilines is 1. The van der Waals surface area contributed by atoms with Crippen molar-refractivity contribution in [2.45, 2.75) is 25.6 Å². The third-order valence-electron chi connectivity index (χ3n) is 5.48. The van der Waals surface area contributed by atoms with E-state index in [9.17, 15) is 18.0 Å². The van der Waals surface area contributed by atoms with Crippen molar-refractivity contribution in [3.8, 4) is 22.6 Å². The molecule has 1 amide bonds. The standard InChI is InChI=1S/C28H24F3NO3/c1-27(2)15-14-20-16-18(4-13-25(33)32-22-9-11-23(34-3)12-10-22)17-24(26(20)35-27)19-5-7-21(8-6-19)28(29,30)31/h4-17H,1-3H3,(H,32,33)/b13-4+. The Morgan fingerprint density at radius 2 is 1.71 bits per heavy atom. The van der Waals surface area contributed by atoms with Crippen LogP contribution in [0.2, 0.25) is 0 Å². The second kappa shape index (κ2) is 9.33. The van der Waals surface area contributed by atoms with Gasteiger partial charge in [0.2, 0.25) is 5.91 Å². The van der Waals surface area contributed by atoms with Crippen molar-refractivity contribution in [2.75, 3.05) is 12.4 Å². The Morgan fingerprint density at radius 1 is 1.03 bits per heavy atom. The molecule has 7 heteroatoms. The first kappa shape index (κ1) is 24.1. The number of carbonyl (C=O) groups is 1. The molecule has 4 rings (SSSR count). The van der Waals surface area contributed by atoms with Gasteiger partial charge in [0.25, 0.3) is 0 Å². The molecule has 180 valence electrons. The van der Waals surface area contributed by atoms with E-state index in [1.54, 1.807) is 43.5 Å². The Morgan fingerprint density at radius 3 is 2.34 bits per heavy atom.